The van der Waals surface area contributed by atoms with Gasteiger partial charge in [-0.05, 0) is 19.4 Å². The molecule has 3 heterocycles. The van der Waals surface area contributed by atoms with Crippen molar-refractivity contribution < 1.29 is 23.6 Å². The van der Waals surface area contributed by atoms with Gasteiger partial charge in [0, 0.05) is 24.5 Å². The lowest BCUT2D eigenvalue weighted by Crippen LogP contribution is -2.55. The third-order valence-electron chi connectivity index (χ3n) is 4.76. The first-order valence-electron chi connectivity index (χ1n) is 8.70. The Morgan fingerprint density at radius 2 is 2.15 bits per heavy atom. The van der Waals surface area contributed by atoms with Crippen LogP contribution in [0.25, 0.3) is 11.0 Å². The summed E-state index contributed by atoms with van der Waals surface area (Å²) in [4.78, 5) is 26.6. The molecule has 1 saturated heterocycles. The molecule has 2 aromatic heterocycles. The number of carbonyl (C=O) groups excluding carboxylic acids is 2. The lowest BCUT2D eigenvalue weighted by Gasteiger charge is -2.36. The summed E-state index contributed by atoms with van der Waals surface area (Å²) in [6.45, 7) is 2.24. The van der Waals surface area contributed by atoms with E-state index in [4.69, 9.17) is 8.94 Å². The molecule has 0 saturated carbocycles. The third-order valence-corrected chi connectivity index (χ3v) is 4.76. The zero-order chi connectivity index (χ0) is 19.0. The van der Waals surface area contributed by atoms with E-state index in [0.717, 1.165) is 5.39 Å². The maximum Gasteiger partial charge on any atom is 0.273 e. The number of para-hydroxylation sites is 1. The average Bonchev–Trinajstić information content (AvgIpc) is 3.29. The van der Waals surface area contributed by atoms with Crippen LogP contribution in [0.2, 0.25) is 0 Å². The van der Waals surface area contributed by atoms with Gasteiger partial charge in [0.1, 0.15) is 17.6 Å². The minimum atomic E-state index is -0.877. The number of hydrogen-bond donors (Lipinski definition) is 2. The van der Waals surface area contributed by atoms with Crippen molar-refractivity contribution in [3.8, 4) is 0 Å². The fourth-order valence-electron chi connectivity index (χ4n) is 3.31. The Kier molecular flexibility index (Phi) is 4.41. The number of aromatic nitrogens is 1. The second-order valence-electron chi connectivity index (χ2n) is 6.66. The lowest BCUT2D eigenvalue weighted by atomic mass is 10.0. The number of likely N-dealkylation sites (tertiary alicyclic amines) is 1. The zero-order valence-corrected chi connectivity index (χ0v) is 14.7. The second kappa shape index (κ2) is 6.88. The minimum Gasteiger partial charge on any atom is -0.463 e. The summed E-state index contributed by atoms with van der Waals surface area (Å²) in [7, 11) is 0. The van der Waals surface area contributed by atoms with Gasteiger partial charge in [-0.2, -0.15) is 0 Å². The van der Waals surface area contributed by atoms with Crippen molar-refractivity contribution in [2.45, 2.75) is 25.5 Å². The molecule has 0 aliphatic carbocycles. The molecule has 1 aliphatic heterocycles. The number of aliphatic hydroxyl groups excluding tert-OH is 1. The number of nitrogens with one attached hydrogen (secondary N) is 1. The molecular weight excluding hydrogens is 350 g/mol. The van der Waals surface area contributed by atoms with E-state index < -0.39 is 18.1 Å². The Balaban J connectivity index is 1.42. The summed E-state index contributed by atoms with van der Waals surface area (Å²) < 4.78 is 10.3. The van der Waals surface area contributed by atoms with Crippen LogP contribution in [-0.4, -0.2) is 52.2 Å². The quantitative estimate of drug-likeness (QED) is 0.728. The molecule has 2 N–H and O–H groups in total. The van der Waals surface area contributed by atoms with Crippen LogP contribution in [0.5, 0.6) is 0 Å². The van der Waals surface area contributed by atoms with Crippen LogP contribution in [0.15, 0.2) is 45.5 Å². The molecule has 4 rings (SSSR count). The first kappa shape index (κ1) is 17.3. The number of fused-ring (bicyclic) bond motifs is 1. The number of carbonyl (C=O) groups is 2. The Morgan fingerprint density at radius 3 is 2.89 bits per heavy atom. The molecule has 8 nitrogen and oxygen atoms in total. The van der Waals surface area contributed by atoms with Crippen molar-refractivity contribution >= 4 is 22.8 Å². The van der Waals surface area contributed by atoms with Gasteiger partial charge in [0.15, 0.2) is 5.69 Å². The van der Waals surface area contributed by atoms with E-state index in [1.165, 1.54) is 12.3 Å². The molecule has 0 spiro atoms. The number of nitrogens with zero attached hydrogens (tertiary/aromatic N) is 2. The van der Waals surface area contributed by atoms with Crippen LogP contribution < -0.4 is 5.32 Å². The largest absolute Gasteiger partial charge is 0.463 e. The van der Waals surface area contributed by atoms with Crippen LogP contribution in [0.3, 0.4) is 0 Å². The van der Waals surface area contributed by atoms with Crippen molar-refractivity contribution in [2.75, 3.05) is 13.1 Å². The first-order valence-corrected chi connectivity index (χ1v) is 8.70. The zero-order valence-electron chi connectivity index (χ0n) is 14.7. The Hall–Kier alpha value is -3.13. The van der Waals surface area contributed by atoms with Gasteiger partial charge in [0.2, 0.25) is 0 Å². The molecule has 2 amide bonds. The Morgan fingerprint density at radius 1 is 1.33 bits per heavy atom. The monoisotopic (exact) mass is 369 g/mol. The van der Waals surface area contributed by atoms with Crippen molar-refractivity contribution in [3.05, 3.63) is 53.6 Å². The topological polar surface area (TPSA) is 109 Å². The van der Waals surface area contributed by atoms with Crippen molar-refractivity contribution in [2.24, 2.45) is 0 Å². The first-order chi connectivity index (χ1) is 13.0. The maximum absolute atomic E-state index is 12.8. The number of furan rings is 1. The van der Waals surface area contributed by atoms with Crippen molar-refractivity contribution in [1.82, 2.24) is 15.4 Å². The van der Waals surface area contributed by atoms with E-state index in [-0.39, 0.29) is 18.1 Å². The molecule has 0 unspecified atom stereocenters. The summed E-state index contributed by atoms with van der Waals surface area (Å²) >= 11 is 0. The van der Waals surface area contributed by atoms with Gasteiger partial charge in [-0.25, -0.2) is 0 Å². The van der Waals surface area contributed by atoms with E-state index in [2.05, 4.69) is 10.5 Å². The molecular formula is C19H19N3O5. The number of aryl methyl sites for hydroxylation is 1. The van der Waals surface area contributed by atoms with E-state index in [1.807, 2.05) is 18.2 Å². The molecule has 1 aromatic carbocycles. The number of benzene rings is 1. The molecule has 0 bridgehead atoms. The molecule has 1 fully saturated rings. The van der Waals surface area contributed by atoms with Gasteiger partial charge in [0.05, 0.1) is 17.7 Å². The number of rotatable bonds is 3. The highest BCUT2D eigenvalue weighted by molar-refractivity contribution is 6.06. The van der Waals surface area contributed by atoms with Gasteiger partial charge < -0.3 is 24.3 Å². The number of aliphatic hydroxyl groups is 1. The van der Waals surface area contributed by atoms with E-state index in [1.54, 1.807) is 17.9 Å². The average molecular weight is 369 g/mol. The van der Waals surface area contributed by atoms with E-state index in [0.29, 0.717) is 29.9 Å². The number of amides is 2. The number of hydrogen-bond acceptors (Lipinski definition) is 6. The van der Waals surface area contributed by atoms with E-state index in [9.17, 15) is 14.7 Å². The van der Waals surface area contributed by atoms with Crippen LogP contribution in [0, 0.1) is 6.92 Å². The van der Waals surface area contributed by atoms with Crippen LogP contribution in [0.4, 0.5) is 0 Å². The molecule has 140 valence electrons. The highest BCUT2D eigenvalue weighted by Gasteiger charge is 2.33. The summed E-state index contributed by atoms with van der Waals surface area (Å²) in [5.41, 5.74) is 1.29. The van der Waals surface area contributed by atoms with Gasteiger partial charge in [-0.3, -0.25) is 9.59 Å². The fraction of sp³-hybridized carbons (Fsp3) is 0.316. The molecule has 8 heteroatoms. The summed E-state index contributed by atoms with van der Waals surface area (Å²) in [6, 6.07) is 8.39. The molecule has 0 radical (unpaired) electrons. The second-order valence-corrected chi connectivity index (χ2v) is 6.66. The smallest absolute Gasteiger partial charge is 0.273 e. The summed E-state index contributed by atoms with van der Waals surface area (Å²) in [5.74, 6) is -0.0686. The third kappa shape index (κ3) is 3.31. The van der Waals surface area contributed by atoms with Crippen molar-refractivity contribution in [3.63, 3.8) is 0 Å². The van der Waals surface area contributed by atoms with Gasteiger partial charge >= 0.3 is 0 Å². The molecule has 27 heavy (non-hydrogen) atoms. The van der Waals surface area contributed by atoms with Crippen LogP contribution in [0.1, 0.15) is 33.0 Å². The Labute approximate surface area is 154 Å². The molecule has 2 atom stereocenters. The van der Waals surface area contributed by atoms with Crippen LogP contribution >= 0.6 is 0 Å². The molecule has 3 aromatic rings. The van der Waals surface area contributed by atoms with Gasteiger partial charge in [0.25, 0.3) is 11.8 Å². The normalized spacial score (nSPS) is 20.0. The Bertz CT molecular complexity index is 992. The lowest BCUT2D eigenvalue weighted by molar-refractivity contribution is 0.0314. The van der Waals surface area contributed by atoms with Gasteiger partial charge in [-0.15, -0.1) is 0 Å². The van der Waals surface area contributed by atoms with Crippen LogP contribution in [-0.2, 0) is 0 Å². The highest BCUT2D eigenvalue weighted by Crippen LogP contribution is 2.23. The summed E-state index contributed by atoms with van der Waals surface area (Å²) in [5, 5.41) is 17.6. The SMILES string of the molecule is Cc1cc(C(=O)N[C@@H]2CCN(C(=O)c3coc4ccccc34)C[C@H]2O)no1. The number of β-amino-alcohol motifs (C(OH)–C–C–N with tert-alkyl or cyclic N) is 1. The highest BCUT2D eigenvalue weighted by atomic mass is 16.5. The number of piperidine rings is 1. The maximum atomic E-state index is 12.8. The fourth-order valence-corrected chi connectivity index (χ4v) is 3.31. The van der Waals surface area contributed by atoms with E-state index >= 15 is 0 Å². The molecule has 1 aliphatic rings. The van der Waals surface area contributed by atoms with Gasteiger partial charge in [-0.1, -0.05) is 23.4 Å². The predicted octanol–water partition coefficient (Wildman–Crippen LogP) is 1.73. The van der Waals surface area contributed by atoms with Crippen molar-refractivity contribution in [1.29, 1.82) is 0 Å². The summed E-state index contributed by atoms with van der Waals surface area (Å²) in [6.07, 6.45) is 1.00. The standard InChI is InChI=1S/C19H19N3O5/c1-11-8-15(21-27-11)18(24)20-14-6-7-22(9-16(14)23)19(25)13-10-26-17-5-3-2-4-12(13)17/h2-5,8,10,14,16,23H,6-7,9H2,1H3,(H,20,24)/t14-,16-/m1/s1. The minimum absolute atomic E-state index is 0.126. The predicted molar refractivity (Wildman–Crippen MR) is 95.2 cm³/mol.